The molecular formula is C24H40B3N9. The van der Waals surface area contributed by atoms with Crippen LogP contribution in [0.15, 0.2) is 18.5 Å². The van der Waals surface area contributed by atoms with Crippen LogP contribution in [0.5, 0.6) is 0 Å². The topological polar surface area (TPSA) is 100 Å². The Morgan fingerprint density at radius 3 is 2.53 bits per heavy atom. The van der Waals surface area contributed by atoms with E-state index in [2.05, 4.69) is 82.6 Å². The maximum absolute atomic E-state index is 6.28. The standard InChI is InChI=1S/C24H40B3N9/c1-5-6-19(24(25,26)27)31-23-32-20(28)22-30-14-18(36(22)33-23)12-16-11-15(2)21(29-13-16)35-9-7-17(8-10-35)34(3)4/h11,13-14,17,19H,5-10,12,25-27H2,1-4H3,(H3,28,31,32,33). The van der Waals surface area contributed by atoms with Crippen molar-refractivity contribution in [2.24, 2.45) is 0 Å². The Bertz CT molecular complexity index is 1180. The number of hydrogen-bond acceptors (Lipinski definition) is 8. The van der Waals surface area contributed by atoms with E-state index in [1.165, 1.54) is 18.4 Å². The van der Waals surface area contributed by atoms with Crippen molar-refractivity contribution in [2.45, 2.75) is 63.1 Å². The zero-order valence-corrected chi connectivity index (χ0v) is 23.0. The molecule has 9 nitrogen and oxygen atoms in total. The van der Waals surface area contributed by atoms with Gasteiger partial charge < -0.3 is 20.9 Å². The van der Waals surface area contributed by atoms with Gasteiger partial charge >= 0.3 is 0 Å². The largest absolute Gasteiger partial charge is 0.380 e. The Kier molecular flexibility index (Phi) is 7.83. The number of imidazole rings is 1. The second-order valence-electron chi connectivity index (χ2n) is 11.5. The van der Waals surface area contributed by atoms with Crippen LogP contribution in [0.25, 0.3) is 5.65 Å². The SMILES string of the molecule is BC(B)(B)C(CCC)Nc1nc(N)c2ncc(Cc3cnc(N4CCC(N(C)C)CC4)c(C)c3)n2n1. The Morgan fingerprint density at radius 2 is 1.92 bits per heavy atom. The minimum absolute atomic E-state index is 0.0769. The first-order valence-corrected chi connectivity index (χ1v) is 13.2. The molecule has 4 rings (SSSR count). The third-order valence-electron chi connectivity index (χ3n) is 7.37. The van der Waals surface area contributed by atoms with Crippen molar-refractivity contribution in [3.05, 3.63) is 35.3 Å². The van der Waals surface area contributed by atoms with Gasteiger partial charge in [0.2, 0.25) is 5.95 Å². The minimum atomic E-state index is 0.0769. The van der Waals surface area contributed by atoms with Gasteiger partial charge in [0.1, 0.15) is 5.82 Å². The Balaban J connectivity index is 1.53. The molecule has 1 atom stereocenters. The number of hydrogen-bond donors (Lipinski definition) is 2. The van der Waals surface area contributed by atoms with Crippen molar-refractivity contribution >= 4 is 46.8 Å². The van der Waals surface area contributed by atoms with Crippen LogP contribution < -0.4 is 16.0 Å². The zero-order chi connectivity index (χ0) is 26.0. The van der Waals surface area contributed by atoms with Gasteiger partial charge in [-0.25, -0.2) is 14.5 Å². The van der Waals surface area contributed by atoms with E-state index in [4.69, 9.17) is 15.8 Å². The van der Waals surface area contributed by atoms with Gasteiger partial charge in [0.15, 0.2) is 11.5 Å². The number of nitrogens with one attached hydrogen (secondary N) is 1. The van der Waals surface area contributed by atoms with E-state index < -0.39 is 0 Å². The lowest BCUT2D eigenvalue weighted by Crippen LogP contribution is -2.42. The number of rotatable bonds is 9. The van der Waals surface area contributed by atoms with E-state index in [9.17, 15) is 0 Å². The predicted molar refractivity (Wildman–Crippen MR) is 157 cm³/mol. The highest BCUT2D eigenvalue weighted by Crippen LogP contribution is 2.26. The average molecular weight is 487 g/mol. The molecule has 12 heteroatoms. The van der Waals surface area contributed by atoms with Gasteiger partial charge in [-0.15, -0.1) is 5.10 Å². The number of pyridine rings is 1. The van der Waals surface area contributed by atoms with Crippen LogP contribution in [0.3, 0.4) is 0 Å². The number of fused-ring (bicyclic) bond motifs is 1. The molecule has 36 heavy (non-hydrogen) atoms. The molecule has 0 amide bonds. The van der Waals surface area contributed by atoms with Gasteiger partial charge in [-0.1, -0.05) is 24.5 Å². The first-order chi connectivity index (χ1) is 17.1. The van der Waals surface area contributed by atoms with Crippen LogP contribution in [0.1, 0.15) is 49.4 Å². The van der Waals surface area contributed by atoms with Crippen molar-refractivity contribution in [3.63, 3.8) is 0 Å². The molecule has 0 radical (unpaired) electrons. The third kappa shape index (κ3) is 5.80. The van der Waals surface area contributed by atoms with E-state index >= 15 is 0 Å². The van der Waals surface area contributed by atoms with E-state index in [-0.39, 0.29) is 11.2 Å². The summed E-state index contributed by atoms with van der Waals surface area (Å²) in [6, 6.07) is 3.14. The summed E-state index contributed by atoms with van der Waals surface area (Å²) in [6.07, 6.45) is 8.95. The maximum atomic E-state index is 6.28. The fourth-order valence-electron chi connectivity index (χ4n) is 5.15. The summed E-state index contributed by atoms with van der Waals surface area (Å²) in [4.78, 5) is 18.6. The van der Waals surface area contributed by atoms with Crippen molar-refractivity contribution in [1.82, 2.24) is 29.5 Å². The number of nitrogen functional groups attached to an aromatic ring is 1. The molecule has 0 saturated carbocycles. The van der Waals surface area contributed by atoms with Crippen LogP contribution in [0.2, 0.25) is 5.11 Å². The lowest BCUT2D eigenvalue weighted by Gasteiger charge is -2.36. The molecule has 1 aliphatic heterocycles. The smallest absolute Gasteiger partial charge is 0.243 e. The molecule has 1 unspecified atom stereocenters. The molecule has 0 aromatic carbocycles. The predicted octanol–water partition coefficient (Wildman–Crippen LogP) is 0.0847. The highest BCUT2D eigenvalue weighted by molar-refractivity contribution is 6.59. The van der Waals surface area contributed by atoms with Crippen LogP contribution in [-0.4, -0.2) is 92.3 Å². The highest BCUT2D eigenvalue weighted by atomic mass is 15.3. The van der Waals surface area contributed by atoms with Crippen LogP contribution in [0.4, 0.5) is 17.6 Å². The monoisotopic (exact) mass is 487 g/mol. The molecule has 3 N–H and O–H groups in total. The first kappa shape index (κ1) is 26.3. The number of aromatic nitrogens is 5. The van der Waals surface area contributed by atoms with Gasteiger partial charge in [0, 0.05) is 37.8 Å². The molecule has 1 fully saturated rings. The molecule has 0 spiro atoms. The lowest BCUT2D eigenvalue weighted by molar-refractivity contribution is 0.249. The van der Waals surface area contributed by atoms with Crippen LogP contribution in [0, 0.1) is 6.92 Å². The summed E-state index contributed by atoms with van der Waals surface area (Å²) < 4.78 is 1.83. The van der Waals surface area contributed by atoms with E-state index in [0.29, 0.717) is 29.9 Å². The van der Waals surface area contributed by atoms with Crippen molar-refractivity contribution in [3.8, 4) is 0 Å². The highest BCUT2D eigenvalue weighted by Gasteiger charge is 2.25. The van der Waals surface area contributed by atoms with E-state index in [1.807, 2.05) is 16.9 Å². The summed E-state index contributed by atoms with van der Waals surface area (Å²) in [5.41, 5.74) is 10.2. The van der Waals surface area contributed by atoms with E-state index in [0.717, 1.165) is 43.0 Å². The second kappa shape index (κ2) is 10.7. The lowest BCUT2D eigenvalue weighted by atomic mass is 9.39. The zero-order valence-electron chi connectivity index (χ0n) is 23.0. The minimum Gasteiger partial charge on any atom is -0.380 e. The van der Waals surface area contributed by atoms with Gasteiger partial charge in [0.05, 0.1) is 35.4 Å². The molecular weight excluding hydrogens is 447 g/mol. The first-order valence-electron chi connectivity index (χ1n) is 13.2. The van der Waals surface area contributed by atoms with Gasteiger partial charge in [-0.3, -0.25) is 0 Å². The number of anilines is 3. The van der Waals surface area contributed by atoms with Crippen LogP contribution in [-0.2, 0) is 6.42 Å². The number of nitrogens with zero attached hydrogens (tertiary/aromatic N) is 7. The number of aryl methyl sites for hydroxylation is 1. The normalized spacial score (nSPS) is 16.1. The number of piperidine rings is 1. The Labute approximate surface area is 217 Å². The number of nitrogens with two attached hydrogens (primary N) is 1. The Morgan fingerprint density at radius 1 is 1.19 bits per heavy atom. The summed E-state index contributed by atoms with van der Waals surface area (Å²) in [5.74, 6) is 2.02. The van der Waals surface area contributed by atoms with E-state index in [1.54, 1.807) is 0 Å². The molecule has 4 heterocycles. The fourth-order valence-corrected chi connectivity index (χ4v) is 5.15. The third-order valence-corrected chi connectivity index (χ3v) is 7.37. The maximum Gasteiger partial charge on any atom is 0.243 e. The molecule has 1 saturated heterocycles. The molecule has 190 valence electrons. The molecule has 3 aromatic rings. The van der Waals surface area contributed by atoms with Crippen LogP contribution >= 0.6 is 0 Å². The quantitative estimate of drug-likeness (QED) is 0.410. The average Bonchev–Trinajstić information content (AvgIpc) is 3.21. The molecule has 0 bridgehead atoms. The summed E-state index contributed by atoms with van der Waals surface area (Å²) in [5, 5.41) is 8.38. The van der Waals surface area contributed by atoms with Gasteiger partial charge in [0.25, 0.3) is 0 Å². The fraction of sp³-hybridized carbons (Fsp3) is 0.583. The van der Waals surface area contributed by atoms with Crippen molar-refractivity contribution in [1.29, 1.82) is 0 Å². The van der Waals surface area contributed by atoms with Gasteiger partial charge in [-0.2, -0.15) is 4.98 Å². The van der Waals surface area contributed by atoms with Crippen molar-refractivity contribution < 1.29 is 0 Å². The summed E-state index contributed by atoms with van der Waals surface area (Å²) in [7, 11) is 11.0. The van der Waals surface area contributed by atoms with Crippen molar-refractivity contribution in [2.75, 3.05) is 43.1 Å². The summed E-state index contributed by atoms with van der Waals surface area (Å²) in [6.45, 7) is 6.44. The van der Waals surface area contributed by atoms with Gasteiger partial charge in [-0.05, 0) is 51.4 Å². The molecule has 1 aliphatic rings. The second-order valence-corrected chi connectivity index (χ2v) is 11.5. The summed E-state index contributed by atoms with van der Waals surface area (Å²) >= 11 is 0. The molecule has 0 aliphatic carbocycles. The molecule has 3 aromatic heterocycles. The Hall–Kier alpha value is -2.75.